The third-order valence-electron chi connectivity index (χ3n) is 4.12. The van der Waals surface area contributed by atoms with Gasteiger partial charge in [-0.3, -0.25) is 0 Å². The molecule has 2 aromatic rings. The van der Waals surface area contributed by atoms with Crippen LogP contribution in [0.5, 0.6) is 0 Å². The number of anilines is 1. The van der Waals surface area contributed by atoms with Crippen molar-refractivity contribution in [2.75, 3.05) is 32.0 Å². The Morgan fingerprint density at radius 1 is 1.09 bits per heavy atom. The molecule has 1 aliphatic rings. The average molecular weight is 313 g/mol. The van der Waals surface area contributed by atoms with Gasteiger partial charge in [0, 0.05) is 25.3 Å². The van der Waals surface area contributed by atoms with E-state index in [4.69, 9.17) is 0 Å². The van der Waals surface area contributed by atoms with E-state index in [2.05, 4.69) is 17.3 Å². The predicted molar refractivity (Wildman–Crippen MR) is 88.8 cm³/mol. The smallest absolute Gasteiger partial charge is 0.315 e. The Labute approximate surface area is 135 Å². The summed E-state index contributed by atoms with van der Waals surface area (Å²) in [4.78, 5) is 16.7. The quantitative estimate of drug-likeness (QED) is 0.923. The minimum absolute atomic E-state index is 0.00963. The molecule has 0 spiro atoms. The highest BCUT2D eigenvalue weighted by Gasteiger charge is 2.30. The number of likely N-dealkylation sites (N-methyl/N-ethyl adjacent to an activating group) is 1. The molecule has 0 radical (unpaired) electrons. The summed E-state index contributed by atoms with van der Waals surface area (Å²) in [5, 5.41) is 2.86. The minimum atomic E-state index is -0.315. The van der Waals surface area contributed by atoms with Gasteiger partial charge in [-0.1, -0.05) is 30.3 Å². The Balaban J connectivity index is 1.78. The number of urea groups is 1. The third kappa shape index (κ3) is 3.68. The molecule has 0 saturated carbocycles. The standard InChI is InChI=1S/C18H20FN3O/c1-21-11-12-22(17(13-21)14-5-3-2-4-6-14)18(23)20-16-9-7-15(19)8-10-16/h2-10,17H,11-13H2,1H3,(H,20,23). The summed E-state index contributed by atoms with van der Waals surface area (Å²) in [6.45, 7) is 2.28. The van der Waals surface area contributed by atoms with Gasteiger partial charge < -0.3 is 15.1 Å². The highest BCUT2D eigenvalue weighted by molar-refractivity contribution is 5.89. The number of amides is 2. The van der Waals surface area contributed by atoms with Crippen molar-refractivity contribution in [1.82, 2.24) is 9.80 Å². The van der Waals surface area contributed by atoms with Gasteiger partial charge in [0.15, 0.2) is 0 Å². The lowest BCUT2D eigenvalue weighted by molar-refractivity contribution is 0.116. The molecule has 4 nitrogen and oxygen atoms in total. The first kappa shape index (κ1) is 15.5. The molecular weight excluding hydrogens is 293 g/mol. The van der Waals surface area contributed by atoms with Crippen molar-refractivity contribution >= 4 is 11.7 Å². The second kappa shape index (κ2) is 6.79. The zero-order valence-corrected chi connectivity index (χ0v) is 13.1. The molecule has 1 N–H and O–H groups in total. The molecule has 1 atom stereocenters. The number of nitrogens with one attached hydrogen (secondary N) is 1. The molecule has 2 aromatic carbocycles. The van der Waals surface area contributed by atoms with Crippen LogP contribution in [0.1, 0.15) is 11.6 Å². The number of benzene rings is 2. The minimum Gasteiger partial charge on any atom is -0.315 e. The highest BCUT2D eigenvalue weighted by atomic mass is 19.1. The van der Waals surface area contributed by atoms with Crippen LogP contribution in [0, 0.1) is 5.82 Å². The molecule has 3 rings (SSSR count). The molecule has 0 bridgehead atoms. The van der Waals surface area contributed by atoms with E-state index in [0.717, 1.165) is 18.7 Å². The normalized spacial score (nSPS) is 18.7. The second-order valence-electron chi connectivity index (χ2n) is 5.82. The first-order chi connectivity index (χ1) is 11.1. The van der Waals surface area contributed by atoms with Crippen LogP contribution in [0.15, 0.2) is 54.6 Å². The van der Waals surface area contributed by atoms with Gasteiger partial charge in [-0.15, -0.1) is 0 Å². The average Bonchev–Trinajstić information content (AvgIpc) is 2.57. The number of hydrogen-bond acceptors (Lipinski definition) is 2. The van der Waals surface area contributed by atoms with E-state index < -0.39 is 0 Å². The Hall–Kier alpha value is -2.40. The van der Waals surface area contributed by atoms with Gasteiger partial charge in [0.2, 0.25) is 0 Å². The molecular formula is C18H20FN3O. The number of carbonyl (C=O) groups excluding carboxylic acids is 1. The molecule has 0 aromatic heterocycles. The second-order valence-corrected chi connectivity index (χ2v) is 5.82. The van der Waals surface area contributed by atoms with E-state index in [1.54, 1.807) is 12.1 Å². The Morgan fingerprint density at radius 2 is 1.78 bits per heavy atom. The van der Waals surface area contributed by atoms with Crippen molar-refractivity contribution in [3.8, 4) is 0 Å². The van der Waals surface area contributed by atoms with Crippen molar-refractivity contribution in [1.29, 1.82) is 0 Å². The maximum absolute atomic E-state index is 13.0. The fourth-order valence-electron chi connectivity index (χ4n) is 2.85. The van der Waals surface area contributed by atoms with Crippen LogP contribution in [0.2, 0.25) is 0 Å². The fraction of sp³-hybridized carbons (Fsp3) is 0.278. The summed E-state index contributed by atoms with van der Waals surface area (Å²) >= 11 is 0. The molecule has 1 unspecified atom stereocenters. The van der Waals surface area contributed by atoms with Gasteiger partial charge in [-0.05, 0) is 36.9 Å². The van der Waals surface area contributed by atoms with Crippen LogP contribution in [0.4, 0.5) is 14.9 Å². The van der Waals surface area contributed by atoms with Gasteiger partial charge in [0.05, 0.1) is 6.04 Å². The highest BCUT2D eigenvalue weighted by Crippen LogP contribution is 2.25. The van der Waals surface area contributed by atoms with Crippen molar-refractivity contribution in [3.05, 3.63) is 66.0 Å². The van der Waals surface area contributed by atoms with Gasteiger partial charge >= 0.3 is 6.03 Å². The molecule has 2 amide bonds. The van der Waals surface area contributed by atoms with Gasteiger partial charge in [0.25, 0.3) is 0 Å². The Kier molecular flexibility index (Phi) is 4.57. The summed E-state index contributed by atoms with van der Waals surface area (Å²) < 4.78 is 13.0. The molecule has 1 saturated heterocycles. The summed E-state index contributed by atoms with van der Waals surface area (Å²) in [6.07, 6.45) is 0. The zero-order valence-electron chi connectivity index (χ0n) is 13.1. The van der Waals surface area contributed by atoms with Crippen molar-refractivity contribution in [2.24, 2.45) is 0 Å². The fourth-order valence-corrected chi connectivity index (χ4v) is 2.85. The van der Waals surface area contributed by atoms with E-state index in [1.165, 1.54) is 12.1 Å². The summed E-state index contributed by atoms with van der Waals surface area (Å²) in [6, 6.07) is 15.7. The molecule has 120 valence electrons. The van der Waals surface area contributed by atoms with Gasteiger partial charge in [-0.25, -0.2) is 9.18 Å². The lowest BCUT2D eigenvalue weighted by Crippen LogP contribution is -2.50. The summed E-state index contributed by atoms with van der Waals surface area (Å²) in [5.41, 5.74) is 1.72. The monoisotopic (exact) mass is 313 g/mol. The molecule has 1 aliphatic heterocycles. The maximum atomic E-state index is 13.0. The number of carbonyl (C=O) groups is 1. The number of piperazine rings is 1. The number of rotatable bonds is 2. The van der Waals surface area contributed by atoms with E-state index in [-0.39, 0.29) is 17.9 Å². The van der Waals surface area contributed by atoms with Gasteiger partial charge in [0.1, 0.15) is 5.82 Å². The number of nitrogens with zero attached hydrogens (tertiary/aromatic N) is 2. The Bertz CT molecular complexity index is 660. The van der Waals surface area contributed by atoms with Crippen molar-refractivity contribution in [2.45, 2.75) is 6.04 Å². The van der Waals surface area contributed by atoms with Crippen LogP contribution >= 0.6 is 0 Å². The maximum Gasteiger partial charge on any atom is 0.322 e. The van der Waals surface area contributed by atoms with Crippen LogP contribution in [0.25, 0.3) is 0 Å². The number of hydrogen-bond donors (Lipinski definition) is 1. The van der Waals surface area contributed by atoms with Gasteiger partial charge in [-0.2, -0.15) is 0 Å². The topological polar surface area (TPSA) is 35.6 Å². The zero-order chi connectivity index (χ0) is 16.2. The van der Waals surface area contributed by atoms with E-state index in [0.29, 0.717) is 12.2 Å². The van der Waals surface area contributed by atoms with E-state index in [1.807, 2.05) is 35.2 Å². The third-order valence-corrected chi connectivity index (χ3v) is 4.12. The van der Waals surface area contributed by atoms with E-state index >= 15 is 0 Å². The van der Waals surface area contributed by atoms with Crippen LogP contribution in [-0.4, -0.2) is 42.5 Å². The summed E-state index contributed by atoms with van der Waals surface area (Å²) in [5.74, 6) is -0.315. The summed E-state index contributed by atoms with van der Waals surface area (Å²) in [7, 11) is 2.06. The van der Waals surface area contributed by atoms with E-state index in [9.17, 15) is 9.18 Å². The molecule has 23 heavy (non-hydrogen) atoms. The van der Waals surface area contributed by atoms with Crippen LogP contribution in [-0.2, 0) is 0 Å². The lowest BCUT2D eigenvalue weighted by atomic mass is 10.0. The first-order valence-corrected chi connectivity index (χ1v) is 7.70. The molecule has 1 fully saturated rings. The SMILES string of the molecule is CN1CCN(C(=O)Nc2ccc(F)cc2)C(c2ccccc2)C1. The Morgan fingerprint density at radius 3 is 2.48 bits per heavy atom. The predicted octanol–water partition coefficient (Wildman–Crippen LogP) is 3.35. The van der Waals surface area contributed by atoms with Crippen molar-refractivity contribution in [3.63, 3.8) is 0 Å². The van der Waals surface area contributed by atoms with Crippen LogP contribution in [0.3, 0.4) is 0 Å². The molecule has 1 heterocycles. The van der Waals surface area contributed by atoms with Crippen LogP contribution < -0.4 is 5.32 Å². The first-order valence-electron chi connectivity index (χ1n) is 7.70. The molecule has 0 aliphatic carbocycles. The number of halogens is 1. The van der Waals surface area contributed by atoms with Crippen molar-refractivity contribution < 1.29 is 9.18 Å². The lowest BCUT2D eigenvalue weighted by Gasteiger charge is -2.40. The largest absolute Gasteiger partial charge is 0.322 e. The molecule has 5 heteroatoms.